The van der Waals surface area contributed by atoms with Crippen LogP contribution in [0.5, 0.6) is 11.5 Å². The number of furan rings is 1. The Morgan fingerprint density at radius 1 is 0.971 bits per heavy atom. The maximum atomic E-state index is 10.1. The van der Waals surface area contributed by atoms with E-state index in [0.717, 1.165) is 22.3 Å². The summed E-state index contributed by atoms with van der Waals surface area (Å²) >= 11 is 0. The van der Waals surface area contributed by atoms with Crippen LogP contribution in [-0.4, -0.2) is 19.9 Å². The average molecular weight is 461 g/mol. The highest BCUT2D eigenvalue weighted by Crippen LogP contribution is 2.42. The summed E-state index contributed by atoms with van der Waals surface area (Å²) in [5.74, 6) is 4.45. The largest absolute Gasteiger partial charge is 0.497 e. The molecule has 5 heteroatoms. The van der Waals surface area contributed by atoms with Crippen LogP contribution in [0.1, 0.15) is 22.3 Å². The maximum absolute atomic E-state index is 10.1. The fraction of sp³-hybridized carbons (Fsp3) is 0.133. The van der Waals surface area contributed by atoms with Crippen molar-refractivity contribution in [3.63, 3.8) is 0 Å². The summed E-state index contributed by atoms with van der Waals surface area (Å²) < 4.78 is 17.2. The van der Waals surface area contributed by atoms with Gasteiger partial charge in [0.15, 0.2) is 0 Å². The lowest BCUT2D eigenvalue weighted by Gasteiger charge is -2.08. The van der Waals surface area contributed by atoms with E-state index < -0.39 is 0 Å². The zero-order valence-electron chi connectivity index (χ0n) is 19.8. The van der Waals surface area contributed by atoms with E-state index in [-0.39, 0.29) is 12.5 Å². The van der Waals surface area contributed by atoms with E-state index in [0.29, 0.717) is 33.9 Å². The summed E-state index contributed by atoms with van der Waals surface area (Å²) in [4.78, 5) is 4.56. The minimum atomic E-state index is 0.118. The second-order valence-corrected chi connectivity index (χ2v) is 7.98. The molecule has 0 fully saturated rings. The third-order valence-electron chi connectivity index (χ3n) is 5.50. The van der Waals surface area contributed by atoms with Gasteiger partial charge in [-0.15, -0.1) is 6.42 Å². The van der Waals surface area contributed by atoms with Crippen LogP contribution in [0.25, 0.3) is 22.5 Å². The molecular formula is C30H24N2O3. The van der Waals surface area contributed by atoms with E-state index in [1.165, 1.54) is 0 Å². The Labute approximate surface area is 205 Å². The first-order valence-corrected chi connectivity index (χ1v) is 11.0. The molecule has 0 aliphatic heterocycles. The number of nitriles is 1. The van der Waals surface area contributed by atoms with E-state index in [2.05, 4.69) is 17.0 Å². The molecule has 0 amide bonds. The Morgan fingerprint density at radius 3 is 2.23 bits per heavy atom. The molecule has 0 spiro atoms. The molecule has 4 rings (SSSR count). The topological polar surface area (TPSA) is 67.8 Å². The van der Waals surface area contributed by atoms with E-state index in [1.807, 2.05) is 62.4 Å². The molecular weight excluding hydrogens is 436 g/mol. The van der Waals surface area contributed by atoms with Gasteiger partial charge in [-0.25, -0.2) is 4.99 Å². The molecule has 0 aliphatic rings. The number of terminal acetylenes is 1. The lowest BCUT2D eigenvalue weighted by atomic mass is 9.97. The standard InChI is InChI=1S/C30H24N2O3/c1-5-16-34-27-15-14-25(33-4)17-24(27)19-32-30-26(18-31)28(22-10-6-20(2)7-11-22)29(35-30)23-12-8-21(3)9-13-23/h1,6-15,17,19H,16H2,2-4H3. The molecule has 3 aromatic carbocycles. The third-order valence-corrected chi connectivity index (χ3v) is 5.50. The molecule has 0 bridgehead atoms. The number of aryl methyl sites for hydroxylation is 2. The van der Waals surface area contributed by atoms with Crippen LogP contribution in [0.2, 0.25) is 0 Å². The number of rotatable bonds is 7. The monoisotopic (exact) mass is 460 g/mol. The van der Waals surface area contributed by atoms with Crippen molar-refractivity contribution in [2.75, 3.05) is 13.7 Å². The zero-order chi connectivity index (χ0) is 24.8. The van der Waals surface area contributed by atoms with Gasteiger partial charge in [-0.3, -0.25) is 0 Å². The summed E-state index contributed by atoms with van der Waals surface area (Å²) in [7, 11) is 1.58. The quantitative estimate of drug-likeness (QED) is 0.223. The molecule has 0 atom stereocenters. The van der Waals surface area contributed by atoms with E-state index in [4.69, 9.17) is 20.3 Å². The van der Waals surface area contributed by atoms with E-state index in [1.54, 1.807) is 31.5 Å². The molecule has 0 saturated carbocycles. The lowest BCUT2D eigenvalue weighted by molar-refractivity contribution is 0.367. The Balaban J connectivity index is 1.86. The second kappa shape index (κ2) is 10.5. The highest BCUT2D eigenvalue weighted by molar-refractivity contribution is 5.91. The SMILES string of the molecule is C#CCOc1ccc(OC)cc1C=Nc1oc(-c2ccc(C)cc2)c(-c2ccc(C)cc2)c1C#N. The Kier molecular flexibility index (Phi) is 7.00. The van der Waals surface area contributed by atoms with Gasteiger partial charge >= 0.3 is 0 Å². The highest BCUT2D eigenvalue weighted by atomic mass is 16.5. The minimum Gasteiger partial charge on any atom is -0.497 e. The Morgan fingerprint density at radius 2 is 1.63 bits per heavy atom. The van der Waals surface area contributed by atoms with Crippen molar-refractivity contribution in [2.45, 2.75) is 13.8 Å². The Hall–Kier alpha value is -4.74. The fourth-order valence-corrected chi connectivity index (χ4v) is 3.65. The number of hydrogen-bond donors (Lipinski definition) is 0. The summed E-state index contributed by atoms with van der Waals surface area (Å²) in [6.07, 6.45) is 6.94. The van der Waals surface area contributed by atoms with Crippen LogP contribution in [0, 0.1) is 37.5 Å². The van der Waals surface area contributed by atoms with E-state index in [9.17, 15) is 5.26 Å². The van der Waals surface area contributed by atoms with Crippen molar-refractivity contribution in [1.29, 1.82) is 5.26 Å². The minimum absolute atomic E-state index is 0.118. The summed E-state index contributed by atoms with van der Waals surface area (Å²) in [5.41, 5.74) is 5.72. The first-order chi connectivity index (χ1) is 17.0. The predicted molar refractivity (Wildman–Crippen MR) is 138 cm³/mol. The molecule has 1 heterocycles. The van der Waals surface area contributed by atoms with Crippen molar-refractivity contribution < 1.29 is 13.9 Å². The first-order valence-electron chi connectivity index (χ1n) is 11.0. The van der Waals surface area contributed by atoms with Crippen molar-refractivity contribution in [3.05, 3.63) is 89.0 Å². The van der Waals surface area contributed by atoms with Crippen LogP contribution in [0.15, 0.2) is 76.1 Å². The summed E-state index contributed by atoms with van der Waals surface area (Å²) in [5, 5.41) is 10.1. The molecule has 5 nitrogen and oxygen atoms in total. The van der Waals surface area contributed by atoms with Crippen molar-refractivity contribution >= 4 is 12.1 Å². The number of ether oxygens (including phenoxy) is 2. The predicted octanol–water partition coefficient (Wildman–Crippen LogP) is 6.87. The van der Waals surface area contributed by atoms with Crippen molar-refractivity contribution in [3.8, 4) is 52.4 Å². The van der Waals surface area contributed by atoms with Gasteiger partial charge < -0.3 is 13.9 Å². The van der Waals surface area contributed by atoms with Crippen molar-refractivity contribution in [1.82, 2.24) is 0 Å². The van der Waals surface area contributed by atoms with Crippen LogP contribution in [0.4, 0.5) is 5.88 Å². The Bertz CT molecular complexity index is 1450. The average Bonchev–Trinajstić information content (AvgIpc) is 3.25. The number of methoxy groups -OCH3 is 1. The lowest BCUT2D eigenvalue weighted by Crippen LogP contribution is -1.98. The molecule has 172 valence electrons. The number of nitrogens with zero attached hydrogens (tertiary/aromatic N) is 2. The molecule has 1 aromatic heterocycles. The van der Waals surface area contributed by atoms with Crippen LogP contribution in [0.3, 0.4) is 0 Å². The number of hydrogen-bond acceptors (Lipinski definition) is 5. The molecule has 0 saturated heterocycles. The molecule has 0 radical (unpaired) electrons. The molecule has 0 unspecified atom stereocenters. The van der Waals surface area contributed by atoms with Crippen molar-refractivity contribution in [2.24, 2.45) is 4.99 Å². The fourth-order valence-electron chi connectivity index (χ4n) is 3.65. The van der Waals surface area contributed by atoms with Gasteiger partial charge in [0.05, 0.1) is 7.11 Å². The number of benzene rings is 3. The van der Waals surface area contributed by atoms with Gasteiger partial charge in [0.25, 0.3) is 0 Å². The first kappa shape index (κ1) is 23.4. The third kappa shape index (κ3) is 5.11. The smallest absolute Gasteiger partial charge is 0.238 e. The van der Waals surface area contributed by atoms with Gasteiger partial charge in [-0.1, -0.05) is 65.6 Å². The number of aliphatic imine (C=N–C) groups is 1. The molecule has 35 heavy (non-hydrogen) atoms. The summed E-state index contributed by atoms with van der Waals surface area (Å²) in [6, 6.07) is 23.6. The maximum Gasteiger partial charge on any atom is 0.238 e. The van der Waals surface area contributed by atoms with Crippen LogP contribution >= 0.6 is 0 Å². The van der Waals surface area contributed by atoms with Gasteiger partial charge in [0.2, 0.25) is 5.88 Å². The van der Waals surface area contributed by atoms with Gasteiger partial charge in [-0.2, -0.15) is 5.26 Å². The van der Waals surface area contributed by atoms with Gasteiger partial charge in [-0.05, 0) is 37.6 Å². The molecule has 4 aromatic rings. The van der Waals surface area contributed by atoms with Gasteiger partial charge in [0.1, 0.15) is 35.5 Å². The van der Waals surface area contributed by atoms with Crippen LogP contribution in [-0.2, 0) is 0 Å². The normalized spacial score (nSPS) is 10.7. The molecule has 0 aliphatic carbocycles. The molecule has 0 N–H and O–H groups in total. The van der Waals surface area contributed by atoms with Gasteiger partial charge in [0, 0.05) is 22.9 Å². The van der Waals surface area contributed by atoms with E-state index >= 15 is 0 Å². The second-order valence-electron chi connectivity index (χ2n) is 7.98. The highest BCUT2D eigenvalue weighted by Gasteiger charge is 2.23. The summed E-state index contributed by atoms with van der Waals surface area (Å²) in [6.45, 7) is 4.17. The zero-order valence-corrected chi connectivity index (χ0v) is 19.8. The van der Waals surface area contributed by atoms with Crippen LogP contribution < -0.4 is 9.47 Å².